The van der Waals surface area contributed by atoms with Crippen LogP contribution in [0.2, 0.25) is 0 Å². The molecule has 0 bridgehead atoms. The first-order valence-corrected chi connectivity index (χ1v) is 11.3. The summed E-state index contributed by atoms with van der Waals surface area (Å²) in [5.74, 6) is -3.86. The number of hydrogen-bond acceptors (Lipinski definition) is 6. The van der Waals surface area contributed by atoms with E-state index in [1.54, 1.807) is 65.6 Å². The third-order valence-electron chi connectivity index (χ3n) is 5.13. The number of nitrogens with one attached hydrogen (secondary N) is 4. The van der Waals surface area contributed by atoms with Gasteiger partial charge in [-0.05, 0) is 18.2 Å². The minimum Gasteiger partial charge on any atom is -0.475 e. The summed E-state index contributed by atoms with van der Waals surface area (Å²) in [6.45, 7) is 0.675. The van der Waals surface area contributed by atoms with Crippen molar-refractivity contribution in [3.8, 4) is 0 Å². The standard InChI is InChI=1S/C21H26N8O4.C2HF3O2/c1-27-9-13(24-12-30)6-17(27)20(32)26-15-8-18(29(3)11-15)21(33)25-14-7-16(28(2)10-14)19(31)23-5-4-22;3-2(4,5)1(6)7/h6-12H,4-5,22H2,1-3H3,(H,23,31)(H,24,30)(H,25,33)(H,26,32);(H,6,7). The average molecular weight is 569 g/mol. The molecule has 4 amide bonds. The van der Waals surface area contributed by atoms with Gasteiger partial charge in [0.25, 0.3) is 17.7 Å². The number of carbonyl (C=O) groups excluding carboxylic acids is 4. The summed E-state index contributed by atoms with van der Waals surface area (Å²) in [6.07, 6.45) is 0.289. The summed E-state index contributed by atoms with van der Waals surface area (Å²) in [5.41, 5.74) is 7.79. The van der Waals surface area contributed by atoms with E-state index in [0.717, 1.165) is 0 Å². The number of anilines is 3. The first kappa shape index (κ1) is 31.2. The lowest BCUT2D eigenvalue weighted by molar-refractivity contribution is -0.192. The molecule has 7 N–H and O–H groups in total. The Morgan fingerprint density at radius 1 is 0.825 bits per heavy atom. The van der Waals surface area contributed by atoms with E-state index < -0.39 is 24.0 Å². The molecule has 0 aliphatic carbocycles. The van der Waals surface area contributed by atoms with Crippen LogP contribution in [0.4, 0.5) is 30.2 Å². The number of carboxylic acids is 1. The van der Waals surface area contributed by atoms with Crippen LogP contribution in [0.25, 0.3) is 0 Å². The Morgan fingerprint density at radius 3 is 1.57 bits per heavy atom. The molecule has 3 aromatic rings. The predicted octanol–water partition coefficient (Wildman–Crippen LogP) is 1.10. The Hall–Kier alpha value is -5.06. The van der Waals surface area contributed by atoms with Gasteiger partial charge in [0.15, 0.2) is 0 Å². The highest BCUT2D eigenvalue weighted by atomic mass is 19.4. The molecule has 216 valence electrons. The molecule has 0 spiro atoms. The highest BCUT2D eigenvalue weighted by molar-refractivity contribution is 6.07. The number of alkyl halides is 3. The molecule has 0 fully saturated rings. The Bertz CT molecular complexity index is 1410. The third kappa shape index (κ3) is 8.22. The van der Waals surface area contributed by atoms with Crippen LogP contribution in [0.1, 0.15) is 31.5 Å². The molecular weight excluding hydrogens is 541 g/mol. The number of nitrogens with zero attached hydrogens (tertiary/aromatic N) is 3. The first-order valence-electron chi connectivity index (χ1n) is 11.3. The number of aliphatic carboxylic acids is 1. The summed E-state index contributed by atoms with van der Waals surface area (Å²) < 4.78 is 36.5. The van der Waals surface area contributed by atoms with Gasteiger partial charge in [-0.25, -0.2) is 4.79 Å². The van der Waals surface area contributed by atoms with Crippen molar-refractivity contribution in [2.75, 3.05) is 29.0 Å². The number of carbonyl (C=O) groups is 5. The largest absolute Gasteiger partial charge is 0.490 e. The van der Waals surface area contributed by atoms with Crippen LogP contribution >= 0.6 is 0 Å². The molecule has 3 heterocycles. The van der Waals surface area contributed by atoms with Gasteiger partial charge in [-0.15, -0.1) is 0 Å². The monoisotopic (exact) mass is 568 g/mol. The smallest absolute Gasteiger partial charge is 0.475 e. The summed E-state index contributed by atoms with van der Waals surface area (Å²) >= 11 is 0. The fourth-order valence-corrected chi connectivity index (χ4v) is 3.32. The molecule has 3 rings (SSSR count). The van der Waals surface area contributed by atoms with Gasteiger partial charge in [-0.1, -0.05) is 0 Å². The Labute approximate surface area is 224 Å². The lowest BCUT2D eigenvalue weighted by Gasteiger charge is -2.03. The van der Waals surface area contributed by atoms with Crippen LogP contribution in [0, 0.1) is 0 Å². The molecule has 0 saturated heterocycles. The van der Waals surface area contributed by atoms with Crippen molar-refractivity contribution in [1.29, 1.82) is 0 Å². The second-order valence-electron chi connectivity index (χ2n) is 8.19. The topological polar surface area (TPSA) is 195 Å². The molecule has 40 heavy (non-hydrogen) atoms. The lowest BCUT2D eigenvalue weighted by Crippen LogP contribution is -2.30. The van der Waals surface area contributed by atoms with E-state index in [2.05, 4.69) is 21.3 Å². The molecule has 0 aliphatic rings. The normalized spacial score (nSPS) is 10.7. The number of nitrogens with two attached hydrogens (primary N) is 1. The van der Waals surface area contributed by atoms with Gasteiger partial charge >= 0.3 is 12.1 Å². The molecule has 0 atom stereocenters. The van der Waals surface area contributed by atoms with E-state index in [-0.39, 0.29) is 5.91 Å². The minimum atomic E-state index is -5.08. The molecule has 14 nitrogen and oxygen atoms in total. The number of carboxylic acid groups (broad SMARTS) is 1. The van der Waals surface area contributed by atoms with E-state index in [4.69, 9.17) is 15.6 Å². The summed E-state index contributed by atoms with van der Waals surface area (Å²) in [7, 11) is 5.05. The summed E-state index contributed by atoms with van der Waals surface area (Å²) in [4.78, 5) is 57.0. The zero-order chi connectivity index (χ0) is 30.2. The zero-order valence-electron chi connectivity index (χ0n) is 21.5. The van der Waals surface area contributed by atoms with Gasteiger partial charge in [0.2, 0.25) is 6.41 Å². The number of halogens is 3. The highest BCUT2D eigenvalue weighted by Gasteiger charge is 2.38. The molecule has 0 unspecified atom stereocenters. The first-order chi connectivity index (χ1) is 18.7. The Kier molecular flexibility index (Phi) is 10.2. The second kappa shape index (κ2) is 13.1. The van der Waals surface area contributed by atoms with Crippen molar-refractivity contribution in [3.63, 3.8) is 0 Å². The maximum atomic E-state index is 12.8. The van der Waals surface area contributed by atoms with Crippen molar-refractivity contribution in [3.05, 3.63) is 53.9 Å². The van der Waals surface area contributed by atoms with Crippen LogP contribution in [0.3, 0.4) is 0 Å². The van der Waals surface area contributed by atoms with Crippen LogP contribution in [-0.4, -0.2) is 68.2 Å². The molecule has 0 aliphatic heterocycles. The van der Waals surface area contributed by atoms with Crippen molar-refractivity contribution in [2.45, 2.75) is 6.18 Å². The Balaban J connectivity index is 0.000000708. The number of aryl methyl sites for hydroxylation is 3. The van der Waals surface area contributed by atoms with Crippen LogP contribution in [-0.2, 0) is 30.7 Å². The van der Waals surface area contributed by atoms with Crippen molar-refractivity contribution in [1.82, 2.24) is 19.0 Å². The number of amides is 4. The van der Waals surface area contributed by atoms with Gasteiger partial charge in [0, 0.05) is 52.8 Å². The van der Waals surface area contributed by atoms with E-state index in [0.29, 0.717) is 53.6 Å². The molecule has 0 aromatic carbocycles. The van der Waals surface area contributed by atoms with E-state index in [9.17, 15) is 32.3 Å². The number of aromatic nitrogens is 3. The van der Waals surface area contributed by atoms with Gasteiger partial charge in [0.1, 0.15) is 17.1 Å². The summed E-state index contributed by atoms with van der Waals surface area (Å²) in [5, 5.41) is 17.8. The van der Waals surface area contributed by atoms with Crippen molar-refractivity contribution >= 4 is 47.2 Å². The molecule has 0 radical (unpaired) electrons. The maximum Gasteiger partial charge on any atom is 0.490 e. The van der Waals surface area contributed by atoms with Crippen LogP contribution in [0.5, 0.6) is 0 Å². The molecule has 17 heteroatoms. The fourth-order valence-electron chi connectivity index (χ4n) is 3.32. The van der Waals surface area contributed by atoms with Crippen LogP contribution in [0.15, 0.2) is 36.8 Å². The van der Waals surface area contributed by atoms with Crippen molar-refractivity contribution < 1.29 is 42.3 Å². The van der Waals surface area contributed by atoms with Crippen molar-refractivity contribution in [2.24, 2.45) is 26.9 Å². The minimum absolute atomic E-state index is 0.292. The number of hydrogen-bond donors (Lipinski definition) is 6. The maximum absolute atomic E-state index is 12.8. The van der Waals surface area contributed by atoms with Gasteiger partial charge in [-0.2, -0.15) is 13.2 Å². The van der Waals surface area contributed by atoms with Gasteiger partial charge in [0.05, 0.1) is 17.1 Å². The van der Waals surface area contributed by atoms with Crippen LogP contribution < -0.4 is 27.0 Å². The second-order valence-corrected chi connectivity index (χ2v) is 8.19. The van der Waals surface area contributed by atoms with E-state index in [1.807, 2.05) is 0 Å². The molecule has 3 aromatic heterocycles. The van der Waals surface area contributed by atoms with Gasteiger partial charge < -0.3 is 45.8 Å². The average Bonchev–Trinajstić information content (AvgIpc) is 3.53. The molecule has 0 saturated carbocycles. The third-order valence-corrected chi connectivity index (χ3v) is 5.13. The lowest BCUT2D eigenvalue weighted by atomic mass is 10.3. The fraction of sp³-hybridized carbons (Fsp3) is 0.261. The quantitative estimate of drug-likeness (QED) is 0.208. The Morgan fingerprint density at radius 2 is 1.20 bits per heavy atom. The highest BCUT2D eigenvalue weighted by Crippen LogP contribution is 2.19. The van der Waals surface area contributed by atoms with E-state index >= 15 is 0 Å². The number of rotatable bonds is 9. The molecular formula is C23H27F3N8O6. The zero-order valence-corrected chi connectivity index (χ0v) is 21.5. The SMILES string of the molecule is Cn1cc(NC(=O)c2cc(NC(=O)c3cc(NC=O)cn3C)cn2C)cc1C(=O)NCCN.O=C(O)C(F)(F)F. The van der Waals surface area contributed by atoms with E-state index in [1.165, 1.54) is 6.07 Å². The summed E-state index contributed by atoms with van der Waals surface area (Å²) in [6, 6.07) is 4.64. The van der Waals surface area contributed by atoms with Gasteiger partial charge in [-0.3, -0.25) is 19.2 Å². The predicted molar refractivity (Wildman–Crippen MR) is 137 cm³/mol.